The zero-order valence-electron chi connectivity index (χ0n) is 7.96. The fourth-order valence-corrected chi connectivity index (χ4v) is 1.57. The van der Waals surface area contributed by atoms with E-state index in [0.29, 0.717) is 0 Å². The first kappa shape index (κ1) is 11.2. The number of hydrogen-bond donors (Lipinski definition) is 2. The average Bonchev–Trinajstić information content (AvgIpc) is 2.08. The molecule has 1 aromatic carbocycles. The fraction of sp³-hybridized carbons (Fsp3) is 0.300. The lowest BCUT2D eigenvalue weighted by molar-refractivity contribution is -0.118. The van der Waals surface area contributed by atoms with Crippen LogP contribution in [0.2, 0.25) is 0 Å². The summed E-state index contributed by atoms with van der Waals surface area (Å²) in [7, 11) is 0. The zero-order valence-corrected chi connectivity index (χ0v) is 9.54. The van der Waals surface area contributed by atoms with Gasteiger partial charge in [0.05, 0.1) is 0 Å². The predicted octanol–water partition coefficient (Wildman–Crippen LogP) is 1.63. The third-order valence-corrected chi connectivity index (χ3v) is 2.90. The Morgan fingerprint density at radius 2 is 2.21 bits per heavy atom. The number of carbonyl (C=O) groups excluding carboxylic acids is 1. The number of aryl methyl sites for hydroxylation is 1. The summed E-state index contributed by atoms with van der Waals surface area (Å²) in [4.78, 5) is 10.7. The molecule has 0 aromatic heterocycles. The van der Waals surface area contributed by atoms with Gasteiger partial charge in [0, 0.05) is 16.9 Å². The Kier molecular flexibility index (Phi) is 3.66. The van der Waals surface area contributed by atoms with Crippen molar-refractivity contribution in [1.82, 2.24) is 0 Å². The van der Waals surface area contributed by atoms with Crippen LogP contribution in [0.1, 0.15) is 23.6 Å². The first-order valence-electron chi connectivity index (χ1n) is 4.30. The number of primary amides is 1. The topological polar surface area (TPSA) is 69.1 Å². The Hall–Kier alpha value is -0.870. The minimum Gasteiger partial charge on any atom is -0.370 e. The number of carbonyl (C=O) groups is 1. The van der Waals surface area contributed by atoms with Crippen LogP contribution >= 0.6 is 15.9 Å². The predicted molar refractivity (Wildman–Crippen MR) is 59.6 cm³/mol. The second-order valence-electron chi connectivity index (χ2n) is 3.29. The SMILES string of the molecule is Cc1ccc(C(N)CC(N)=O)cc1Br. The summed E-state index contributed by atoms with van der Waals surface area (Å²) >= 11 is 3.41. The Morgan fingerprint density at radius 3 is 2.71 bits per heavy atom. The molecule has 1 amide bonds. The zero-order chi connectivity index (χ0) is 10.7. The molecule has 1 rings (SSSR count). The maximum Gasteiger partial charge on any atom is 0.219 e. The largest absolute Gasteiger partial charge is 0.370 e. The van der Waals surface area contributed by atoms with E-state index in [-0.39, 0.29) is 18.4 Å². The molecule has 0 saturated heterocycles. The van der Waals surface area contributed by atoms with Gasteiger partial charge in [-0.3, -0.25) is 4.79 Å². The summed E-state index contributed by atoms with van der Waals surface area (Å²) in [6.45, 7) is 1.99. The molecule has 4 N–H and O–H groups in total. The van der Waals surface area contributed by atoms with E-state index in [2.05, 4.69) is 15.9 Å². The van der Waals surface area contributed by atoms with Gasteiger partial charge in [-0.1, -0.05) is 28.1 Å². The molecule has 1 atom stereocenters. The molecule has 0 saturated carbocycles. The van der Waals surface area contributed by atoms with Gasteiger partial charge in [-0.2, -0.15) is 0 Å². The molecule has 3 nitrogen and oxygen atoms in total. The second kappa shape index (κ2) is 4.57. The van der Waals surface area contributed by atoms with Crippen molar-refractivity contribution >= 4 is 21.8 Å². The van der Waals surface area contributed by atoms with E-state index in [9.17, 15) is 4.79 Å². The lowest BCUT2D eigenvalue weighted by Gasteiger charge is -2.10. The Bertz CT molecular complexity index is 352. The van der Waals surface area contributed by atoms with Crippen LogP contribution in [-0.4, -0.2) is 5.91 Å². The maximum absolute atomic E-state index is 10.7. The molecular weight excluding hydrogens is 244 g/mol. The van der Waals surface area contributed by atoms with Gasteiger partial charge < -0.3 is 11.5 Å². The average molecular weight is 257 g/mol. The standard InChI is InChI=1S/C10H13BrN2O/c1-6-2-3-7(4-8(6)11)9(12)5-10(13)14/h2-4,9H,5,12H2,1H3,(H2,13,14). The molecule has 14 heavy (non-hydrogen) atoms. The number of amides is 1. The number of rotatable bonds is 3. The fourth-order valence-electron chi connectivity index (χ4n) is 1.17. The second-order valence-corrected chi connectivity index (χ2v) is 4.14. The summed E-state index contributed by atoms with van der Waals surface area (Å²) in [6, 6.07) is 5.47. The maximum atomic E-state index is 10.7. The van der Waals surface area contributed by atoms with Crippen molar-refractivity contribution in [1.29, 1.82) is 0 Å². The monoisotopic (exact) mass is 256 g/mol. The highest BCUT2D eigenvalue weighted by Crippen LogP contribution is 2.22. The van der Waals surface area contributed by atoms with E-state index < -0.39 is 0 Å². The van der Waals surface area contributed by atoms with E-state index in [0.717, 1.165) is 15.6 Å². The van der Waals surface area contributed by atoms with E-state index in [1.54, 1.807) is 0 Å². The summed E-state index contributed by atoms with van der Waals surface area (Å²) in [5, 5.41) is 0. The third kappa shape index (κ3) is 2.82. The minimum absolute atomic E-state index is 0.176. The van der Waals surface area contributed by atoms with E-state index in [1.165, 1.54) is 0 Å². The van der Waals surface area contributed by atoms with Crippen molar-refractivity contribution in [2.45, 2.75) is 19.4 Å². The van der Waals surface area contributed by atoms with Crippen molar-refractivity contribution < 1.29 is 4.79 Å². The molecule has 4 heteroatoms. The minimum atomic E-state index is -0.380. The van der Waals surface area contributed by atoms with Crippen molar-refractivity contribution in [3.05, 3.63) is 33.8 Å². The number of benzene rings is 1. The van der Waals surface area contributed by atoms with E-state index >= 15 is 0 Å². The van der Waals surface area contributed by atoms with E-state index in [4.69, 9.17) is 11.5 Å². The van der Waals surface area contributed by atoms with Gasteiger partial charge in [-0.15, -0.1) is 0 Å². The van der Waals surface area contributed by atoms with Crippen LogP contribution in [0.5, 0.6) is 0 Å². The number of halogens is 1. The molecule has 0 aliphatic heterocycles. The number of nitrogens with two attached hydrogens (primary N) is 2. The van der Waals surface area contributed by atoms with Crippen LogP contribution < -0.4 is 11.5 Å². The van der Waals surface area contributed by atoms with Gasteiger partial charge in [0.1, 0.15) is 0 Å². The molecule has 1 unspecified atom stereocenters. The highest BCUT2D eigenvalue weighted by Gasteiger charge is 2.09. The van der Waals surface area contributed by atoms with Crippen molar-refractivity contribution in [2.24, 2.45) is 11.5 Å². The van der Waals surface area contributed by atoms with Crippen LogP contribution in [0.3, 0.4) is 0 Å². The molecule has 1 aromatic rings. The lowest BCUT2D eigenvalue weighted by atomic mass is 10.0. The Labute approximate surface area is 91.6 Å². The summed E-state index contributed by atoms with van der Waals surface area (Å²) in [5.74, 6) is -0.380. The van der Waals surface area contributed by atoms with Gasteiger partial charge in [-0.05, 0) is 24.1 Å². The summed E-state index contributed by atoms with van der Waals surface area (Å²) in [5.41, 5.74) is 12.9. The number of hydrogen-bond acceptors (Lipinski definition) is 2. The van der Waals surface area contributed by atoms with E-state index in [1.807, 2.05) is 25.1 Å². The van der Waals surface area contributed by atoms with Crippen LogP contribution in [0.4, 0.5) is 0 Å². The molecule has 0 bridgehead atoms. The van der Waals surface area contributed by atoms with Gasteiger partial charge in [0.15, 0.2) is 0 Å². The van der Waals surface area contributed by atoms with Crippen LogP contribution in [-0.2, 0) is 4.79 Å². The molecule has 0 heterocycles. The van der Waals surface area contributed by atoms with Crippen molar-refractivity contribution in [3.8, 4) is 0 Å². The van der Waals surface area contributed by atoms with Crippen LogP contribution in [0, 0.1) is 6.92 Å². The lowest BCUT2D eigenvalue weighted by Crippen LogP contribution is -2.20. The highest BCUT2D eigenvalue weighted by molar-refractivity contribution is 9.10. The van der Waals surface area contributed by atoms with Crippen LogP contribution in [0.25, 0.3) is 0 Å². The van der Waals surface area contributed by atoms with Crippen molar-refractivity contribution in [2.75, 3.05) is 0 Å². The van der Waals surface area contributed by atoms with Gasteiger partial charge >= 0.3 is 0 Å². The van der Waals surface area contributed by atoms with Gasteiger partial charge in [0.25, 0.3) is 0 Å². The summed E-state index contributed by atoms with van der Waals surface area (Å²) in [6.07, 6.45) is 0.176. The van der Waals surface area contributed by atoms with Crippen molar-refractivity contribution in [3.63, 3.8) is 0 Å². The van der Waals surface area contributed by atoms with Crippen LogP contribution in [0.15, 0.2) is 22.7 Å². The molecule has 76 valence electrons. The molecule has 0 radical (unpaired) electrons. The summed E-state index contributed by atoms with van der Waals surface area (Å²) < 4.78 is 0.995. The molecular formula is C10H13BrN2O. The smallest absolute Gasteiger partial charge is 0.219 e. The molecule has 0 spiro atoms. The Balaban J connectivity index is 2.85. The molecule has 0 fully saturated rings. The Morgan fingerprint density at radius 1 is 1.57 bits per heavy atom. The third-order valence-electron chi connectivity index (χ3n) is 2.05. The first-order valence-corrected chi connectivity index (χ1v) is 5.10. The quantitative estimate of drug-likeness (QED) is 0.864. The van der Waals surface area contributed by atoms with Gasteiger partial charge in [-0.25, -0.2) is 0 Å². The highest BCUT2D eigenvalue weighted by atomic mass is 79.9. The normalized spacial score (nSPS) is 12.5. The first-order chi connectivity index (χ1) is 6.50. The molecule has 0 aliphatic rings. The van der Waals surface area contributed by atoms with Gasteiger partial charge in [0.2, 0.25) is 5.91 Å². The molecule has 0 aliphatic carbocycles.